The first-order valence-corrected chi connectivity index (χ1v) is 6.80. The maximum atomic E-state index is 11.6. The van der Waals surface area contributed by atoms with Crippen molar-refractivity contribution in [1.82, 2.24) is 15.1 Å². The van der Waals surface area contributed by atoms with Crippen LogP contribution in [0.3, 0.4) is 0 Å². The number of hydrogen-bond acceptors (Lipinski definition) is 4. The van der Waals surface area contributed by atoms with Gasteiger partial charge in [-0.05, 0) is 5.56 Å². The lowest BCUT2D eigenvalue weighted by molar-refractivity contribution is -0.385. The van der Waals surface area contributed by atoms with E-state index in [1.54, 1.807) is 0 Å². The SMILES string of the molecule is O=C(CCn1cc([N+](=O)[O-])cn1)NCC=Cc1ccccc1. The Labute approximate surface area is 127 Å². The Hall–Kier alpha value is -2.96. The van der Waals surface area contributed by atoms with Gasteiger partial charge in [0.15, 0.2) is 0 Å². The summed E-state index contributed by atoms with van der Waals surface area (Å²) in [5, 5.41) is 17.1. The molecule has 22 heavy (non-hydrogen) atoms. The van der Waals surface area contributed by atoms with Crippen LogP contribution in [0.4, 0.5) is 5.69 Å². The highest BCUT2D eigenvalue weighted by atomic mass is 16.6. The maximum absolute atomic E-state index is 11.6. The second-order valence-corrected chi connectivity index (χ2v) is 4.59. The van der Waals surface area contributed by atoms with Gasteiger partial charge in [-0.15, -0.1) is 0 Å². The highest BCUT2D eigenvalue weighted by Crippen LogP contribution is 2.07. The number of amides is 1. The molecule has 0 radical (unpaired) electrons. The van der Waals surface area contributed by atoms with Crippen LogP contribution in [0.1, 0.15) is 12.0 Å². The third-order valence-corrected chi connectivity index (χ3v) is 2.93. The topological polar surface area (TPSA) is 90.1 Å². The molecule has 0 aliphatic heterocycles. The molecule has 0 aliphatic rings. The van der Waals surface area contributed by atoms with E-state index in [1.165, 1.54) is 17.1 Å². The van der Waals surface area contributed by atoms with Gasteiger partial charge in [0.05, 0.1) is 4.92 Å². The number of carbonyl (C=O) groups is 1. The number of rotatable bonds is 7. The van der Waals surface area contributed by atoms with Crippen molar-refractivity contribution in [1.29, 1.82) is 0 Å². The van der Waals surface area contributed by atoms with Crippen LogP contribution >= 0.6 is 0 Å². The monoisotopic (exact) mass is 300 g/mol. The van der Waals surface area contributed by atoms with E-state index < -0.39 is 4.92 Å². The second kappa shape index (κ2) is 7.72. The van der Waals surface area contributed by atoms with Gasteiger partial charge in [-0.2, -0.15) is 5.10 Å². The van der Waals surface area contributed by atoms with E-state index >= 15 is 0 Å². The standard InChI is InChI=1S/C15H16N4O3/c20-15(8-10-18-12-14(11-17-18)19(21)22)16-9-4-7-13-5-2-1-3-6-13/h1-7,11-12H,8-10H2,(H,16,20). The number of nitrogens with zero attached hydrogens (tertiary/aromatic N) is 3. The number of aryl methyl sites for hydroxylation is 1. The average Bonchev–Trinajstić information content (AvgIpc) is 3.00. The molecule has 114 valence electrons. The number of aromatic nitrogens is 2. The van der Waals surface area contributed by atoms with Crippen LogP contribution in [0, 0.1) is 10.1 Å². The highest BCUT2D eigenvalue weighted by molar-refractivity contribution is 5.76. The second-order valence-electron chi connectivity index (χ2n) is 4.59. The van der Waals surface area contributed by atoms with Crippen LogP contribution in [-0.2, 0) is 11.3 Å². The molecule has 1 heterocycles. The first kappa shape index (κ1) is 15.4. The Morgan fingerprint density at radius 1 is 1.36 bits per heavy atom. The first-order valence-electron chi connectivity index (χ1n) is 6.80. The predicted molar refractivity (Wildman–Crippen MR) is 82.0 cm³/mol. The van der Waals surface area contributed by atoms with Gasteiger partial charge in [-0.3, -0.25) is 19.6 Å². The van der Waals surface area contributed by atoms with Crippen LogP contribution in [0.5, 0.6) is 0 Å². The van der Waals surface area contributed by atoms with Crippen LogP contribution in [-0.4, -0.2) is 27.2 Å². The maximum Gasteiger partial charge on any atom is 0.306 e. The molecule has 0 unspecified atom stereocenters. The highest BCUT2D eigenvalue weighted by Gasteiger charge is 2.09. The van der Waals surface area contributed by atoms with Gasteiger partial charge in [-0.25, -0.2) is 0 Å². The molecular formula is C15H16N4O3. The molecule has 1 aromatic carbocycles. The number of nitrogens with one attached hydrogen (secondary N) is 1. The number of carbonyl (C=O) groups excluding carboxylic acids is 1. The largest absolute Gasteiger partial charge is 0.353 e. The molecule has 2 aromatic rings. The van der Waals surface area contributed by atoms with Crippen LogP contribution in [0.2, 0.25) is 0 Å². The van der Waals surface area contributed by atoms with E-state index in [9.17, 15) is 14.9 Å². The molecule has 0 spiro atoms. The molecule has 0 atom stereocenters. The van der Waals surface area contributed by atoms with Gasteiger partial charge >= 0.3 is 5.69 Å². The first-order chi connectivity index (χ1) is 10.6. The lowest BCUT2D eigenvalue weighted by Gasteiger charge is -2.02. The molecule has 0 aliphatic carbocycles. The molecule has 2 rings (SSSR count). The lowest BCUT2D eigenvalue weighted by atomic mass is 10.2. The van der Waals surface area contributed by atoms with Crippen LogP contribution < -0.4 is 5.32 Å². The third-order valence-electron chi connectivity index (χ3n) is 2.93. The van der Waals surface area contributed by atoms with Gasteiger partial charge in [0.25, 0.3) is 0 Å². The van der Waals surface area contributed by atoms with Gasteiger partial charge in [0.2, 0.25) is 5.91 Å². The van der Waals surface area contributed by atoms with Crippen molar-refractivity contribution in [3.63, 3.8) is 0 Å². The molecule has 0 saturated carbocycles. The average molecular weight is 300 g/mol. The molecule has 7 nitrogen and oxygen atoms in total. The van der Waals surface area contributed by atoms with Crippen molar-refractivity contribution in [3.05, 3.63) is 64.5 Å². The Bertz CT molecular complexity index is 664. The Morgan fingerprint density at radius 3 is 2.82 bits per heavy atom. The Balaban J connectivity index is 1.69. The molecule has 1 amide bonds. The number of nitro groups is 1. The van der Waals surface area contributed by atoms with E-state index in [1.807, 2.05) is 42.5 Å². The molecule has 0 bridgehead atoms. The summed E-state index contributed by atoms with van der Waals surface area (Å²) in [6.07, 6.45) is 6.49. The van der Waals surface area contributed by atoms with Gasteiger partial charge in [0, 0.05) is 19.5 Å². The zero-order valence-electron chi connectivity index (χ0n) is 11.9. The van der Waals surface area contributed by atoms with Crippen molar-refractivity contribution >= 4 is 17.7 Å². The minimum Gasteiger partial charge on any atom is -0.353 e. The Morgan fingerprint density at radius 2 is 2.14 bits per heavy atom. The molecule has 1 aromatic heterocycles. The van der Waals surface area contributed by atoms with E-state index in [0.717, 1.165) is 5.56 Å². The summed E-state index contributed by atoms with van der Waals surface area (Å²) in [6.45, 7) is 0.745. The molecule has 7 heteroatoms. The number of hydrogen-bond donors (Lipinski definition) is 1. The summed E-state index contributed by atoms with van der Waals surface area (Å²) in [5.74, 6) is -0.129. The van der Waals surface area contributed by atoms with Gasteiger partial charge < -0.3 is 5.32 Å². The fraction of sp³-hybridized carbons (Fsp3) is 0.200. The zero-order chi connectivity index (χ0) is 15.8. The van der Waals surface area contributed by atoms with Crippen molar-refractivity contribution in [2.24, 2.45) is 0 Å². The van der Waals surface area contributed by atoms with Crippen molar-refractivity contribution in [3.8, 4) is 0 Å². The minimum atomic E-state index is -0.516. The molecular weight excluding hydrogens is 284 g/mol. The van der Waals surface area contributed by atoms with Crippen molar-refractivity contribution in [2.75, 3.05) is 6.54 Å². The lowest BCUT2D eigenvalue weighted by Crippen LogP contribution is -2.24. The van der Waals surface area contributed by atoms with E-state index in [0.29, 0.717) is 13.1 Å². The van der Waals surface area contributed by atoms with Gasteiger partial charge in [0.1, 0.15) is 12.4 Å². The molecule has 0 saturated heterocycles. The molecule has 0 fully saturated rings. The van der Waals surface area contributed by atoms with E-state index in [4.69, 9.17) is 0 Å². The van der Waals surface area contributed by atoms with E-state index in [2.05, 4.69) is 10.4 Å². The fourth-order valence-electron chi connectivity index (χ4n) is 1.81. The normalized spacial score (nSPS) is 10.7. The third kappa shape index (κ3) is 4.86. The summed E-state index contributed by atoms with van der Waals surface area (Å²) >= 11 is 0. The summed E-state index contributed by atoms with van der Waals surface area (Å²) < 4.78 is 1.39. The van der Waals surface area contributed by atoms with Crippen molar-refractivity contribution in [2.45, 2.75) is 13.0 Å². The summed E-state index contributed by atoms with van der Waals surface area (Å²) in [4.78, 5) is 21.6. The Kier molecular flexibility index (Phi) is 5.42. The minimum absolute atomic E-state index is 0.0776. The summed E-state index contributed by atoms with van der Waals surface area (Å²) in [6, 6.07) is 9.79. The zero-order valence-corrected chi connectivity index (χ0v) is 11.9. The molecule has 1 N–H and O–H groups in total. The number of benzene rings is 1. The fourth-order valence-corrected chi connectivity index (χ4v) is 1.81. The van der Waals surface area contributed by atoms with E-state index in [-0.39, 0.29) is 18.0 Å². The smallest absolute Gasteiger partial charge is 0.306 e. The predicted octanol–water partition coefficient (Wildman–Crippen LogP) is 2.01. The van der Waals surface area contributed by atoms with Crippen LogP contribution in [0.25, 0.3) is 6.08 Å². The van der Waals surface area contributed by atoms with Crippen LogP contribution in [0.15, 0.2) is 48.8 Å². The quantitative estimate of drug-likeness (QED) is 0.625. The van der Waals surface area contributed by atoms with Gasteiger partial charge in [-0.1, -0.05) is 42.5 Å². The van der Waals surface area contributed by atoms with Crippen molar-refractivity contribution < 1.29 is 9.72 Å². The summed E-state index contributed by atoms with van der Waals surface area (Å²) in [5.41, 5.74) is 0.992. The summed E-state index contributed by atoms with van der Waals surface area (Å²) in [7, 11) is 0.